The number of hydrogen-bond donors (Lipinski definition) is 2. The molecule has 0 aliphatic carbocycles. The van der Waals surface area contributed by atoms with Crippen LogP contribution in [-0.4, -0.2) is 23.2 Å². The van der Waals surface area contributed by atoms with Crippen LogP contribution in [0.5, 0.6) is 0 Å². The first-order valence-electron chi connectivity index (χ1n) is 5.14. The van der Waals surface area contributed by atoms with Crippen molar-refractivity contribution in [3.05, 3.63) is 32.8 Å². The Balaban J connectivity index is 2.77. The maximum Gasteiger partial charge on any atom is 0.270 e. The molecule has 0 aliphatic rings. The van der Waals surface area contributed by atoms with Gasteiger partial charge >= 0.3 is 0 Å². The number of nitrogens with one attached hydrogen (secondary N) is 1. The summed E-state index contributed by atoms with van der Waals surface area (Å²) in [6.07, 6.45) is 0. The van der Waals surface area contributed by atoms with Crippen LogP contribution in [-0.2, 0) is 0 Å². The highest BCUT2D eigenvalue weighted by Crippen LogP contribution is 2.28. The van der Waals surface area contributed by atoms with E-state index in [0.717, 1.165) is 5.69 Å². The Morgan fingerprint density at radius 3 is 2.65 bits per heavy atom. The molecular weight excluding hydrogens is 288 g/mol. The third-order valence-electron chi connectivity index (χ3n) is 2.35. The number of hydrogen-bond acceptors (Lipinski definition) is 4. The van der Waals surface area contributed by atoms with Gasteiger partial charge in [-0.25, -0.2) is 0 Å². The average Bonchev–Trinajstić information content (AvgIpc) is 2.27. The van der Waals surface area contributed by atoms with Crippen LogP contribution in [0.3, 0.4) is 0 Å². The third-order valence-corrected chi connectivity index (χ3v) is 3.00. The minimum Gasteiger partial charge on any atom is -0.396 e. The Morgan fingerprint density at radius 1 is 1.53 bits per heavy atom. The van der Waals surface area contributed by atoms with Gasteiger partial charge in [0.15, 0.2) is 0 Å². The van der Waals surface area contributed by atoms with Gasteiger partial charge in [0.1, 0.15) is 0 Å². The summed E-state index contributed by atoms with van der Waals surface area (Å²) in [5.41, 5.74) is 0.585. The number of aliphatic hydroxyl groups is 1. The van der Waals surface area contributed by atoms with Crippen LogP contribution in [0.25, 0.3) is 0 Å². The first kappa shape index (κ1) is 13.9. The Bertz CT molecular complexity index is 421. The van der Waals surface area contributed by atoms with Crippen molar-refractivity contribution in [3.8, 4) is 0 Å². The number of anilines is 1. The molecule has 94 valence electrons. The summed E-state index contributed by atoms with van der Waals surface area (Å²) in [7, 11) is 0. The molecule has 1 rings (SSSR count). The summed E-state index contributed by atoms with van der Waals surface area (Å²) < 4.78 is 0.639. The second-order valence-electron chi connectivity index (χ2n) is 4.60. The van der Waals surface area contributed by atoms with Crippen molar-refractivity contribution in [3.63, 3.8) is 0 Å². The molecule has 0 saturated heterocycles. The van der Waals surface area contributed by atoms with Gasteiger partial charge in [0.25, 0.3) is 5.69 Å². The molecule has 0 fully saturated rings. The summed E-state index contributed by atoms with van der Waals surface area (Å²) in [6.45, 7) is 4.52. The minimum atomic E-state index is -0.438. The SMILES string of the molecule is CC(C)(CO)CNc1ccc([N+](=O)[O-])cc1Br. The number of non-ortho nitro benzene ring substituents is 1. The quantitative estimate of drug-likeness (QED) is 0.648. The van der Waals surface area contributed by atoms with Crippen molar-refractivity contribution in [2.24, 2.45) is 5.41 Å². The Morgan fingerprint density at radius 2 is 2.18 bits per heavy atom. The highest BCUT2D eigenvalue weighted by atomic mass is 79.9. The Hall–Kier alpha value is -1.14. The fraction of sp³-hybridized carbons (Fsp3) is 0.455. The molecule has 6 heteroatoms. The molecule has 0 radical (unpaired) electrons. The summed E-state index contributed by atoms with van der Waals surface area (Å²) in [6, 6.07) is 4.54. The Labute approximate surface area is 108 Å². The number of rotatable bonds is 5. The monoisotopic (exact) mass is 302 g/mol. The van der Waals surface area contributed by atoms with E-state index >= 15 is 0 Å². The van der Waals surface area contributed by atoms with Crippen LogP contribution >= 0.6 is 15.9 Å². The topological polar surface area (TPSA) is 75.4 Å². The van der Waals surface area contributed by atoms with Gasteiger partial charge < -0.3 is 10.4 Å². The zero-order chi connectivity index (χ0) is 13.1. The average molecular weight is 303 g/mol. The second-order valence-corrected chi connectivity index (χ2v) is 5.45. The second kappa shape index (κ2) is 5.46. The van der Waals surface area contributed by atoms with Gasteiger partial charge in [-0.15, -0.1) is 0 Å². The molecule has 0 atom stereocenters. The highest BCUT2D eigenvalue weighted by molar-refractivity contribution is 9.10. The summed E-state index contributed by atoms with van der Waals surface area (Å²) in [5, 5.41) is 22.8. The van der Waals surface area contributed by atoms with E-state index in [1.165, 1.54) is 12.1 Å². The molecule has 0 aromatic heterocycles. The molecule has 0 bridgehead atoms. The molecule has 2 N–H and O–H groups in total. The maximum absolute atomic E-state index is 10.6. The van der Waals surface area contributed by atoms with Gasteiger partial charge in [0, 0.05) is 40.9 Å². The van der Waals surface area contributed by atoms with Gasteiger partial charge in [-0.05, 0) is 22.0 Å². The molecule has 0 amide bonds. The molecule has 0 unspecified atom stereocenters. The van der Waals surface area contributed by atoms with Gasteiger partial charge in [0.2, 0.25) is 0 Å². The predicted octanol–water partition coefficient (Wildman–Crippen LogP) is 2.79. The molecule has 1 aromatic carbocycles. The number of nitro groups is 1. The van der Waals surface area contributed by atoms with Gasteiger partial charge in [0.05, 0.1) is 4.92 Å². The highest BCUT2D eigenvalue weighted by Gasteiger charge is 2.17. The zero-order valence-corrected chi connectivity index (χ0v) is 11.3. The van der Waals surface area contributed by atoms with E-state index in [1.54, 1.807) is 6.07 Å². The number of benzene rings is 1. The number of aliphatic hydroxyl groups excluding tert-OH is 1. The summed E-state index contributed by atoms with van der Waals surface area (Å²) >= 11 is 3.28. The van der Waals surface area contributed by atoms with Crippen LogP contribution in [0.1, 0.15) is 13.8 Å². The van der Waals surface area contributed by atoms with Crippen LogP contribution in [0.15, 0.2) is 22.7 Å². The third kappa shape index (κ3) is 3.98. The van der Waals surface area contributed by atoms with Crippen LogP contribution in [0.2, 0.25) is 0 Å². The number of halogens is 1. The van der Waals surface area contributed by atoms with Gasteiger partial charge in [-0.3, -0.25) is 10.1 Å². The summed E-state index contributed by atoms with van der Waals surface area (Å²) in [5.74, 6) is 0. The molecule has 0 saturated carbocycles. The van der Waals surface area contributed by atoms with Crippen LogP contribution in [0.4, 0.5) is 11.4 Å². The fourth-order valence-electron chi connectivity index (χ4n) is 1.15. The van der Waals surface area contributed by atoms with E-state index in [-0.39, 0.29) is 17.7 Å². The smallest absolute Gasteiger partial charge is 0.270 e. The molecule has 0 spiro atoms. The summed E-state index contributed by atoms with van der Waals surface area (Å²) in [4.78, 5) is 10.1. The molecule has 5 nitrogen and oxygen atoms in total. The molecule has 0 heterocycles. The molecule has 17 heavy (non-hydrogen) atoms. The van der Waals surface area contributed by atoms with Crippen molar-refractivity contribution < 1.29 is 10.0 Å². The zero-order valence-electron chi connectivity index (χ0n) is 9.74. The van der Waals surface area contributed by atoms with Crippen molar-refractivity contribution in [2.45, 2.75) is 13.8 Å². The van der Waals surface area contributed by atoms with Gasteiger partial charge in [-0.1, -0.05) is 13.8 Å². The van der Waals surface area contributed by atoms with Crippen LogP contribution < -0.4 is 5.32 Å². The van der Waals surface area contributed by atoms with Gasteiger partial charge in [-0.2, -0.15) is 0 Å². The maximum atomic E-state index is 10.6. The Kier molecular flexibility index (Phi) is 4.47. The van der Waals surface area contributed by atoms with Crippen molar-refractivity contribution >= 4 is 27.3 Å². The van der Waals surface area contributed by atoms with Crippen molar-refractivity contribution in [1.29, 1.82) is 0 Å². The fourth-order valence-corrected chi connectivity index (χ4v) is 1.66. The lowest BCUT2D eigenvalue weighted by Gasteiger charge is -2.22. The van der Waals surface area contributed by atoms with E-state index < -0.39 is 4.92 Å². The van der Waals surface area contributed by atoms with E-state index in [4.69, 9.17) is 5.11 Å². The number of nitrogens with zero attached hydrogens (tertiary/aromatic N) is 1. The van der Waals surface area contributed by atoms with E-state index in [2.05, 4.69) is 21.2 Å². The molecular formula is C11H15BrN2O3. The first-order valence-corrected chi connectivity index (χ1v) is 5.94. The van der Waals surface area contributed by atoms with E-state index in [9.17, 15) is 10.1 Å². The molecule has 1 aromatic rings. The molecule has 0 aliphatic heterocycles. The normalized spacial score (nSPS) is 11.3. The standard InChI is InChI=1S/C11H15BrN2O3/c1-11(2,7-15)6-13-10-4-3-8(14(16)17)5-9(10)12/h3-5,13,15H,6-7H2,1-2H3. The number of nitro benzene ring substituents is 1. The lowest BCUT2D eigenvalue weighted by molar-refractivity contribution is -0.384. The lowest BCUT2D eigenvalue weighted by Crippen LogP contribution is -2.26. The van der Waals surface area contributed by atoms with E-state index in [0.29, 0.717) is 11.0 Å². The van der Waals surface area contributed by atoms with E-state index in [1.807, 2.05) is 13.8 Å². The van der Waals surface area contributed by atoms with Crippen LogP contribution in [0, 0.1) is 15.5 Å². The first-order chi connectivity index (χ1) is 7.85. The largest absolute Gasteiger partial charge is 0.396 e. The van der Waals surface area contributed by atoms with Crippen molar-refractivity contribution in [2.75, 3.05) is 18.5 Å². The minimum absolute atomic E-state index is 0.0452. The van der Waals surface area contributed by atoms with Crippen molar-refractivity contribution in [1.82, 2.24) is 0 Å². The predicted molar refractivity (Wildman–Crippen MR) is 70.2 cm³/mol. The lowest BCUT2D eigenvalue weighted by atomic mass is 9.95.